The van der Waals surface area contributed by atoms with Gasteiger partial charge in [-0.15, -0.1) is 0 Å². The predicted molar refractivity (Wildman–Crippen MR) is 49.7 cm³/mol. The molecule has 0 bridgehead atoms. The first kappa shape index (κ1) is 7.74. The van der Waals surface area contributed by atoms with Gasteiger partial charge in [-0.2, -0.15) is 0 Å². The summed E-state index contributed by atoms with van der Waals surface area (Å²) in [5, 5.41) is 3.44. The van der Waals surface area contributed by atoms with Gasteiger partial charge in [0.15, 0.2) is 0 Å². The second-order valence-corrected chi connectivity index (χ2v) is 7.39. The predicted octanol–water partition coefficient (Wildman–Crippen LogP) is 4.00. The monoisotopic (exact) mass is 176 g/mol. The number of hydrogen-bond acceptors (Lipinski definition) is 0. The zero-order valence-electron chi connectivity index (χ0n) is 5.81. The highest BCUT2D eigenvalue weighted by atomic mass is 32.1. The topological polar surface area (TPSA) is 0 Å². The minimum absolute atomic E-state index is 1.15. The highest BCUT2D eigenvalue weighted by Crippen LogP contribution is 2.42. The van der Waals surface area contributed by atoms with E-state index in [0.717, 1.165) is 7.55 Å². The minimum Gasteiger partial charge on any atom is -0.0813 e. The molecule has 1 aromatic heterocycles. The Morgan fingerprint density at radius 2 is 1.56 bits per heavy atom. The summed E-state index contributed by atoms with van der Waals surface area (Å²) in [5.74, 6) is 0. The molecule has 3 heteroatoms. The van der Waals surface area contributed by atoms with E-state index < -0.39 is 0 Å². The lowest BCUT2D eigenvalue weighted by Gasteiger charge is -1.92. The van der Waals surface area contributed by atoms with Crippen LogP contribution in [0, 0.1) is 0 Å². The Hall–Kier alpha value is 0.640. The lowest BCUT2D eigenvalue weighted by atomic mass is 10.3. The van der Waals surface area contributed by atoms with Crippen molar-refractivity contribution < 1.29 is 0 Å². The van der Waals surface area contributed by atoms with E-state index in [-0.39, 0.29) is 0 Å². The summed E-state index contributed by atoms with van der Waals surface area (Å²) >= 11 is 0. The summed E-state index contributed by atoms with van der Waals surface area (Å²) in [5.41, 5.74) is 0. The van der Waals surface area contributed by atoms with Gasteiger partial charge in [-0.05, 0) is 39.2 Å². The maximum Gasteiger partial charge on any atom is -0.00883 e. The molecule has 1 rings (SSSR count). The highest BCUT2D eigenvalue weighted by molar-refractivity contribution is 8.17. The van der Waals surface area contributed by atoms with Crippen LogP contribution in [0.3, 0.4) is 0 Å². The van der Waals surface area contributed by atoms with Crippen LogP contribution in [0.4, 0.5) is 0 Å². The van der Waals surface area contributed by atoms with Crippen molar-refractivity contribution in [3.63, 3.8) is 0 Å². The van der Waals surface area contributed by atoms with Gasteiger partial charge in [0, 0.05) is 0 Å². The van der Waals surface area contributed by atoms with E-state index in [1.807, 2.05) is 0 Å². The Morgan fingerprint density at radius 3 is 1.89 bits per heavy atom. The van der Waals surface area contributed by atoms with Gasteiger partial charge in [-0.3, -0.25) is 0 Å². The van der Waals surface area contributed by atoms with E-state index in [1.165, 1.54) is 12.8 Å². The third kappa shape index (κ3) is 1.78. The van der Waals surface area contributed by atoms with Crippen molar-refractivity contribution in [2.75, 3.05) is 0 Å². The smallest absolute Gasteiger partial charge is 0.00883 e. The molecule has 0 aliphatic rings. The summed E-state index contributed by atoms with van der Waals surface area (Å²) < 4.78 is 0. The first-order chi connectivity index (χ1) is 4.38. The van der Waals surface area contributed by atoms with Crippen molar-refractivity contribution in [2.45, 2.75) is 26.7 Å². The van der Waals surface area contributed by atoms with Gasteiger partial charge >= 0.3 is 0 Å². The van der Waals surface area contributed by atoms with Crippen LogP contribution in [0.2, 0.25) is 0 Å². The molecule has 0 fully saturated rings. The van der Waals surface area contributed by atoms with Gasteiger partial charge in [0.2, 0.25) is 0 Å². The summed E-state index contributed by atoms with van der Waals surface area (Å²) in [6.07, 6.45) is 2.56. The summed E-state index contributed by atoms with van der Waals surface area (Å²) in [7, 11) is 4.41. The van der Waals surface area contributed by atoms with Gasteiger partial charge < -0.3 is 0 Å². The molecule has 0 spiro atoms. The molecule has 1 aromatic rings. The molecule has 0 nitrogen and oxygen atoms in total. The SMILES string of the molecule is CCc1p[pH]pc1CC. The third-order valence-electron chi connectivity index (χ3n) is 1.37. The number of rotatable bonds is 2. The molecule has 0 radical (unpaired) electrons. The lowest BCUT2D eigenvalue weighted by molar-refractivity contribution is 1.10. The lowest BCUT2D eigenvalue weighted by Crippen LogP contribution is -1.77. The Balaban J connectivity index is 2.85. The molecule has 0 unspecified atom stereocenters. The van der Waals surface area contributed by atoms with E-state index in [2.05, 4.69) is 13.8 Å². The molecule has 9 heavy (non-hydrogen) atoms. The van der Waals surface area contributed by atoms with Crippen molar-refractivity contribution in [3.8, 4) is 0 Å². The standard InChI is InChI=1S/C6H11P3/c1-3-5-6(4-2)8-9-7-5/h9H,3-4H2,1-2H3. The number of hydrogen-bond donors (Lipinski definition) is 0. The van der Waals surface area contributed by atoms with Crippen molar-refractivity contribution in [3.05, 3.63) is 10.6 Å². The molecule has 0 saturated heterocycles. The van der Waals surface area contributed by atoms with E-state index in [4.69, 9.17) is 0 Å². The molecule has 1 heterocycles. The maximum absolute atomic E-state index is 2.27. The van der Waals surface area contributed by atoms with Crippen molar-refractivity contribution >= 4 is 23.3 Å². The molecule has 0 N–H and O–H groups in total. The molecule has 0 amide bonds. The molecular weight excluding hydrogens is 165 g/mol. The fourth-order valence-corrected chi connectivity index (χ4v) is 8.14. The Kier molecular flexibility index (Phi) is 3.20. The zero-order chi connectivity index (χ0) is 6.69. The summed E-state index contributed by atoms with van der Waals surface area (Å²) in [4.78, 5) is 0. The van der Waals surface area contributed by atoms with Crippen LogP contribution in [0.5, 0.6) is 0 Å². The summed E-state index contributed by atoms with van der Waals surface area (Å²) in [6, 6.07) is 0. The van der Waals surface area contributed by atoms with Crippen LogP contribution in [0.1, 0.15) is 24.4 Å². The van der Waals surface area contributed by atoms with Crippen LogP contribution >= 0.6 is 23.3 Å². The molecule has 50 valence electrons. The largest absolute Gasteiger partial charge is 0.0813 e. The van der Waals surface area contributed by atoms with Crippen molar-refractivity contribution in [2.24, 2.45) is 0 Å². The molecule has 0 saturated carbocycles. The number of aryl methyl sites for hydroxylation is 2. The van der Waals surface area contributed by atoms with E-state index in [1.54, 1.807) is 26.3 Å². The van der Waals surface area contributed by atoms with Gasteiger partial charge in [0.05, 0.1) is 0 Å². The average molecular weight is 176 g/mol. The molecule has 0 aliphatic carbocycles. The highest BCUT2D eigenvalue weighted by Gasteiger charge is 1.97. The van der Waals surface area contributed by atoms with Crippen LogP contribution in [0.15, 0.2) is 0 Å². The molecule has 0 atom stereocenters. The quantitative estimate of drug-likeness (QED) is 0.638. The normalized spacial score (nSPS) is 12.7. The Labute approximate surface area is 61.2 Å². The Bertz CT molecular complexity index is 162. The molecule has 0 aliphatic heterocycles. The summed E-state index contributed by atoms with van der Waals surface area (Å²) in [6.45, 7) is 4.53. The molecular formula is C6H11P3. The van der Waals surface area contributed by atoms with E-state index >= 15 is 0 Å². The van der Waals surface area contributed by atoms with Gasteiger partial charge in [-0.25, -0.2) is 0 Å². The zero-order valence-corrected chi connectivity index (χ0v) is 8.60. The first-order valence-electron chi connectivity index (χ1n) is 3.27. The van der Waals surface area contributed by atoms with E-state index in [9.17, 15) is 0 Å². The third-order valence-corrected chi connectivity index (χ3v) is 7.48. The van der Waals surface area contributed by atoms with Crippen LogP contribution < -0.4 is 0 Å². The van der Waals surface area contributed by atoms with Crippen LogP contribution in [0.25, 0.3) is 0 Å². The Morgan fingerprint density at radius 1 is 1.11 bits per heavy atom. The van der Waals surface area contributed by atoms with Crippen molar-refractivity contribution in [1.29, 1.82) is 0 Å². The molecule has 0 aromatic carbocycles. The van der Waals surface area contributed by atoms with Gasteiger partial charge in [0.25, 0.3) is 0 Å². The second-order valence-electron chi connectivity index (χ2n) is 1.92. The van der Waals surface area contributed by atoms with E-state index in [0.29, 0.717) is 0 Å². The fourth-order valence-electron chi connectivity index (χ4n) is 0.841. The van der Waals surface area contributed by atoms with Crippen LogP contribution in [-0.2, 0) is 12.8 Å². The van der Waals surface area contributed by atoms with Gasteiger partial charge in [0.1, 0.15) is 0 Å². The first-order valence-corrected chi connectivity index (χ1v) is 7.74. The van der Waals surface area contributed by atoms with Gasteiger partial charge in [-0.1, -0.05) is 21.4 Å². The maximum atomic E-state index is 2.27. The van der Waals surface area contributed by atoms with Crippen molar-refractivity contribution in [1.82, 2.24) is 0 Å². The minimum atomic E-state index is 1.15. The van der Waals surface area contributed by atoms with Crippen LogP contribution in [-0.4, -0.2) is 0 Å². The fraction of sp³-hybridized carbons (Fsp3) is 0.667. The second kappa shape index (κ2) is 3.72. The average Bonchev–Trinajstić information content (AvgIpc) is 2.33.